The summed E-state index contributed by atoms with van der Waals surface area (Å²) in [6.07, 6.45) is 5.74. The van der Waals surface area contributed by atoms with Gasteiger partial charge in [0.05, 0.1) is 5.69 Å². The molecule has 0 saturated heterocycles. The fourth-order valence-electron chi connectivity index (χ4n) is 4.46. The van der Waals surface area contributed by atoms with E-state index in [0.717, 1.165) is 53.2 Å². The van der Waals surface area contributed by atoms with Crippen LogP contribution in [0.2, 0.25) is 0 Å². The highest BCUT2D eigenvalue weighted by atomic mass is 19.1. The van der Waals surface area contributed by atoms with Gasteiger partial charge in [-0.2, -0.15) is 0 Å². The Kier molecular flexibility index (Phi) is 5.94. The molecular weight excluding hydrogens is 436 g/mol. The van der Waals surface area contributed by atoms with Crippen molar-refractivity contribution in [3.8, 4) is 0 Å². The lowest BCUT2D eigenvalue weighted by Crippen LogP contribution is -2.17. The number of allylic oxidation sites excluding steroid dienone is 1. The lowest BCUT2D eigenvalue weighted by molar-refractivity contribution is -0.131. The minimum atomic E-state index is -1.35. The number of nitrogens with zero attached hydrogens (tertiary/aromatic N) is 1. The highest BCUT2D eigenvalue weighted by Gasteiger charge is 2.30. The number of anilines is 1. The number of alkyl halides is 1. The monoisotopic (exact) mass is 459 g/mol. The van der Waals surface area contributed by atoms with E-state index in [1.807, 2.05) is 36.4 Å². The van der Waals surface area contributed by atoms with Crippen molar-refractivity contribution in [2.24, 2.45) is 5.92 Å². The number of carboxylic acid groups (broad SMARTS) is 1. The molecule has 0 bridgehead atoms. The highest BCUT2D eigenvalue weighted by Crippen LogP contribution is 2.46. The molecule has 5 rings (SSSR count). The zero-order valence-electron chi connectivity index (χ0n) is 18.3. The van der Waals surface area contributed by atoms with Gasteiger partial charge in [-0.25, -0.2) is 19.0 Å². The molecular formula is C27H23F2N3O2. The maximum absolute atomic E-state index is 15.0. The number of aromatic nitrogens is 1. The molecule has 3 aromatic rings. The summed E-state index contributed by atoms with van der Waals surface area (Å²) in [4.78, 5) is 15.3. The molecule has 5 nitrogen and oxygen atoms in total. The molecule has 0 radical (unpaired) electrons. The van der Waals surface area contributed by atoms with E-state index in [9.17, 15) is 9.18 Å². The largest absolute Gasteiger partial charge is 0.478 e. The quantitative estimate of drug-likeness (QED) is 0.313. The number of carbonyl (C=O) groups is 1. The summed E-state index contributed by atoms with van der Waals surface area (Å²) >= 11 is 0. The Bertz CT molecular complexity index is 1300. The fraction of sp³-hybridized carbons (Fsp3) is 0.185. The maximum Gasteiger partial charge on any atom is 0.328 e. The predicted molar refractivity (Wildman–Crippen MR) is 128 cm³/mol. The highest BCUT2D eigenvalue weighted by molar-refractivity contribution is 5.99. The number of pyridine rings is 1. The minimum Gasteiger partial charge on any atom is -0.478 e. The van der Waals surface area contributed by atoms with Gasteiger partial charge in [0.2, 0.25) is 0 Å². The molecule has 1 saturated carbocycles. The summed E-state index contributed by atoms with van der Waals surface area (Å²) in [5.41, 5.74) is 10.8. The molecule has 1 aromatic heterocycles. The third-order valence-electron chi connectivity index (χ3n) is 6.36. The van der Waals surface area contributed by atoms with Crippen molar-refractivity contribution in [1.29, 1.82) is 0 Å². The van der Waals surface area contributed by atoms with Crippen LogP contribution < -0.4 is 10.9 Å². The summed E-state index contributed by atoms with van der Waals surface area (Å²) < 4.78 is 29.5. The van der Waals surface area contributed by atoms with Crippen LogP contribution in [0.5, 0.6) is 0 Å². The van der Waals surface area contributed by atoms with Gasteiger partial charge >= 0.3 is 5.97 Å². The van der Waals surface area contributed by atoms with Gasteiger partial charge in [0.1, 0.15) is 11.5 Å². The second kappa shape index (κ2) is 9.19. The van der Waals surface area contributed by atoms with Crippen molar-refractivity contribution in [2.45, 2.75) is 25.6 Å². The summed E-state index contributed by atoms with van der Waals surface area (Å²) in [5.74, 6) is -1.28. The molecule has 0 amide bonds. The van der Waals surface area contributed by atoms with Gasteiger partial charge in [0.15, 0.2) is 6.30 Å². The number of nitrogens with one attached hydrogen (secondary N) is 2. The Morgan fingerprint density at radius 3 is 2.53 bits per heavy atom. The number of benzene rings is 2. The topological polar surface area (TPSA) is 74.2 Å². The zero-order valence-corrected chi connectivity index (χ0v) is 18.3. The number of rotatable bonds is 6. The molecule has 7 heteroatoms. The Hall–Kier alpha value is -3.84. The van der Waals surface area contributed by atoms with Gasteiger partial charge in [-0.3, -0.25) is 4.98 Å². The number of aliphatic carboxylic acids is 1. The molecule has 3 N–H and O–H groups in total. The summed E-state index contributed by atoms with van der Waals surface area (Å²) in [7, 11) is 0. The van der Waals surface area contributed by atoms with Crippen LogP contribution in [-0.2, 0) is 4.79 Å². The number of carboxylic acids is 1. The summed E-state index contributed by atoms with van der Waals surface area (Å²) in [5, 5.41) is 8.91. The van der Waals surface area contributed by atoms with Crippen LogP contribution in [-0.4, -0.2) is 16.1 Å². The van der Waals surface area contributed by atoms with E-state index in [1.54, 1.807) is 18.3 Å². The Morgan fingerprint density at radius 1 is 1.09 bits per heavy atom. The van der Waals surface area contributed by atoms with E-state index in [4.69, 9.17) is 5.11 Å². The van der Waals surface area contributed by atoms with E-state index >= 15 is 4.39 Å². The van der Waals surface area contributed by atoms with Gasteiger partial charge < -0.3 is 10.5 Å². The molecule has 2 aromatic carbocycles. The molecule has 1 unspecified atom stereocenters. The van der Waals surface area contributed by atoms with Crippen molar-refractivity contribution < 1.29 is 18.7 Å². The van der Waals surface area contributed by atoms with Crippen molar-refractivity contribution in [3.05, 3.63) is 101 Å². The maximum atomic E-state index is 15.0. The first-order valence-corrected chi connectivity index (χ1v) is 11.2. The van der Waals surface area contributed by atoms with Gasteiger partial charge in [0.25, 0.3) is 0 Å². The summed E-state index contributed by atoms with van der Waals surface area (Å²) in [6.45, 7) is 0. The third-order valence-corrected chi connectivity index (χ3v) is 6.36. The molecule has 0 spiro atoms. The van der Waals surface area contributed by atoms with Crippen LogP contribution >= 0.6 is 0 Å². The first-order valence-electron chi connectivity index (χ1n) is 11.2. The van der Waals surface area contributed by atoms with Crippen molar-refractivity contribution >= 4 is 28.9 Å². The van der Waals surface area contributed by atoms with Crippen molar-refractivity contribution in [3.63, 3.8) is 0 Å². The van der Waals surface area contributed by atoms with Gasteiger partial charge in [0, 0.05) is 17.8 Å². The number of halogens is 2. The second-order valence-electron chi connectivity index (χ2n) is 8.48. The van der Waals surface area contributed by atoms with Crippen molar-refractivity contribution in [1.82, 2.24) is 10.4 Å². The SMILES string of the molecule is O=C(O)/C=C/c1ccc(/C(=C(\c2ncccc2F)C2CCC2)c2ccc3c(c2)C(F)NN3)cc1. The molecule has 1 fully saturated rings. The van der Waals surface area contributed by atoms with Crippen molar-refractivity contribution in [2.75, 3.05) is 5.43 Å². The standard InChI is InChI=1S/C27H23F2N3O2/c28-21-5-2-14-30-26(21)25(17-3-1-4-17)24(18-9-6-16(7-10-18)8-13-23(33)34)19-11-12-22-20(15-19)27(29)32-31-22/h2,5-15,17,27,31-32H,1,3-4H2,(H,33,34)/b13-8+,25-24+. The first kappa shape index (κ1) is 22.0. The molecule has 1 atom stereocenters. The van der Waals surface area contributed by atoms with Crippen LogP contribution in [0.1, 0.15) is 53.5 Å². The average Bonchev–Trinajstić information content (AvgIpc) is 3.17. The van der Waals surface area contributed by atoms with E-state index < -0.39 is 18.1 Å². The zero-order chi connectivity index (χ0) is 23.7. The van der Waals surface area contributed by atoms with E-state index in [0.29, 0.717) is 16.9 Å². The lowest BCUT2D eigenvalue weighted by Gasteiger charge is -2.31. The minimum absolute atomic E-state index is 0.136. The fourth-order valence-corrected chi connectivity index (χ4v) is 4.46. The molecule has 2 aliphatic rings. The molecule has 1 aliphatic carbocycles. The van der Waals surface area contributed by atoms with Crippen LogP contribution in [0.15, 0.2) is 66.9 Å². The number of fused-ring (bicyclic) bond motifs is 1. The number of hydrogen-bond acceptors (Lipinski definition) is 4. The van der Waals surface area contributed by atoms with E-state index in [2.05, 4.69) is 15.8 Å². The summed E-state index contributed by atoms with van der Waals surface area (Å²) in [6, 6.07) is 15.9. The second-order valence-corrected chi connectivity index (χ2v) is 8.48. The molecule has 1 aliphatic heterocycles. The van der Waals surface area contributed by atoms with Gasteiger partial charge in [-0.1, -0.05) is 36.8 Å². The number of hydrogen-bond donors (Lipinski definition) is 3. The van der Waals surface area contributed by atoms with Crippen LogP contribution in [0.4, 0.5) is 14.5 Å². The van der Waals surface area contributed by atoms with Crippen LogP contribution in [0, 0.1) is 11.7 Å². The lowest BCUT2D eigenvalue weighted by atomic mass is 9.74. The van der Waals surface area contributed by atoms with Crippen LogP contribution in [0.25, 0.3) is 17.2 Å². The normalized spacial score (nSPS) is 18.2. The first-order chi connectivity index (χ1) is 16.5. The Labute approximate surface area is 195 Å². The van der Waals surface area contributed by atoms with E-state index in [1.165, 1.54) is 12.1 Å². The van der Waals surface area contributed by atoms with E-state index in [-0.39, 0.29) is 5.92 Å². The molecule has 172 valence electrons. The molecule has 34 heavy (non-hydrogen) atoms. The Morgan fingerprint density at radius 2 is 1.85 bits per heavy atom. The third kappa shape index (κ3) is 4.22. The Balaban J connectivity index is 1.72. The smallest absolute Gasteiger partial charge is 0.328 e. The van der Waals surface area contributed by atoms with Gasteiger partial charge in [-0.05, 0) is 76.9 Å². The molecule has 2 heterocycles. The predicted octanol–water partition coefficient (Wildman–Crippen LogP) is 5.98. The average molecular weight is 459 g/mol. The number of hydrazine groups is 1. The van der Waals surface area contributed by atoms with Crippen LogP contribution in [0.3, 0.4) is 0 Å². The van der Waals surface area contributed by atoms with Gasteiger partial charge in [-0.15, -0.1) is 0 Å².